The molecule has 0 atom stereocenters. The van der Waals surface area contributed by atoms with E-state index in [9.17, 15) is 8.78 Å². The summed E-state index contributed by atoms with van der Waals surface area (Å²) < 4.78 is 33.7. The Hall–Kier alpha value is -2.68. The molecular formula is C25H26F2O. The van der Waals surface area contributed by atoms with Crippen molar-refractivity contribution in [1.82, 2.24) is 0 Å². The van der Waals surface area contributed by atoms with Gasteiger partial charge in [0.15, 0.2) is 11.6 Å². The van der Waals surface area contributed by atoms with Gasteiger partial charge in [0.05, 0.1) is 0 Å². The van der Waals surface area contributed by atoms with Crippen LogP contribution in [0, 0.1) is 18.6 Å². The summed E-state index contributed by atoms with van der Waals surface area (Å²) in [4.78, 5) is 0. The third-order valence-electron chi connectivity index (χ3n) is 5.19. The first kappa shape index (κ1) is 20.1. The minimum Gasteiger partial charge on any atom is -0.454 e. The van der Waals surface area contributed by atoms with Crippen LogP contribution >= 0.6 is 0 Å². The fourth-order valence-corrected chi connectivity index (χ4v) is 3.29. The molecule has 146 valence electrons. The van der Waals surface area contributed by atoms with E-state index in [2.05, 4.69) is 13.8 Å². The van der Waals surface area contributed by atoms with E-state index in [1.807, 2.05) is 30.3 Å². The number of halogens is 2. The molecule has 0 spiro atoms. The van der Waals surface area contributed by atoms with Gasteiger partial charge in [-0.25, -0.2) is 8.78 Å². The Morgan fingerprint density at radius 1 is 0.857 bits per heavy atom. The van der Waals surface area contributed by atoms with Crippen molar-refractivity contribution in [2.24, 2.45) is 0 Å². The average molecular weight is 380 g/mol. The normalized spacial score (nSPS) is 11.5. The Morgan fingerprint density at radius 2 is 1.61 bits per heavy atom. The second kappa shape index (κ2) is 8.55. The number of ether oxygens (including phenoxy) is 1. The minimum atomic E-state index is -0.372. The van der Waals surface area contributed by atoms with Gasteiger partial charge in [0.1, 0.15) is 11.6 Å². The predicted octanol–water partition coefficient (Wildman–Crippen LogP) is 7.37. The molecule has 0 aliphatic heterocycles. The smallest absolute Gasteiger partial charge is 0.165 e. The summed E-state index contributed by atoms with van der Waals surface area (Å²) in [6.45, 7) is 6.03. The van der Waals surface area contributed by atoms with E-state index in [0.717, 1.165) is 30.4 Å². The molecule has 0 fully saturated rings. The molecule has 0 saturated carbocycles. The second-order valence-electron chi connectivity index (χ2n) is 7.88. The lowest BCUT2D eigenvalue weighted by atomic mass is 9.79. The van der Waals surface area contributed by atoms with Crippen LogP contribution in [0.15, 0.2) is 66.7 Å². The van der Waals surface area contributed by atoms with Gasteiger partial charge in [-0.1, -0.05) is 50.2 Å². The molecule has 0 aliphatic carbocycles. The van der Waals surface area contributed by atoms with Gasteiger partial charge in [-0.05, 0) is 78.6 Å². The Bertz CT molecular complexity index is 933. The van der Waals surface area contributed by atoms with E-state index in [0.29, 0.717) is 11.3 Å². The summed E-state index contributed by atoms with van der Waals surface area (Å²) >= 11 is 0. The lowest BCUT2D eigenvalue weighted by Crippen LogP contribution is -2.17. The van der Waals surface area contributed by atoms with Crippen molar-refractivity contribution in [3.63, 3.8) is 0 Å². The van der Waals surface area contributed by atoms with Crippen LogP contribution in [0.2, 0.25) is 0 Å². The standard InChI is InChI=1S/C25H26F2O/c1-18-11-13-20(17-23(18)27)25(2,3)15-7-8-19-12-14-22(26)24(16-19)28-21-9-5-4-6-10-21/h4-6,9-14,16-17H,7-8,15H2,1-3H3. The number of rotatable bonds is 7. The van der Waals surface area contributed by atoms with Crippen LogP contribution in [0.4, 0.5) is 8.78 Å². The Labute approximate surface area is 166 Å². The summed E-state index contributed by atoms with van der Waals surface area (Å²) in [5, 5.41) is 0. The molecule has 0 unspecified atom stereocenters. The highest BCUT2D eigenvalue weighted by molar-refractivity contribution is 5.35. The van der Waals surface area contributed by atoms with E-state index >= 15 is 0 Å². The van der Waals surface area contributed by atoms with Crippen LogP contribution in [0.3, 0.4) is 0 Å². The molecule has 3 rings (SSSR count). The molecule has 0 saturated heterocycles. The van der Waals surface area contributed by atoms with Crippen LogP contribution < -0.4 is 4.74 Å². The van der Waals surface area contributed by atoms with Gasteiger partial charge in [-0.2, -0.15) is 0 Å². The van der Waals surface area contributed by atoms with Crippen molar-refractivity contribution in [2.75, 3.05) is 0 Å². The number of benzene rings is 3. The van der Waals surface area contributed by atoms with E-state index in [-0.39, 0.29) is 22.8 Å². The maximum absolute atomic E-state index is 14.1. The zero-order chi connectivity index (χ0) is 20.1. The predicted molar refractivity (Wildman–Crippen MR) is 110 cm³/mol. The molecule has 1 nitrogen and oxygen atoms in total. The van der Waals surface area contributed by atoms with Crippen LogP contribution in [0.25, 0.3) is 0 Å². The largest absolute Gasteiger partial charge is 0.454 e. The molecule has 3 aromatic carbocycles. The average Bonchev–Trinajstić information content (AvgIpc) is 2.67. The molecular weight excluding hydrogens is 354 g/mol. The van der Waals surface area contributed by atoms with E-state index in [1.54, 1.807) is 37.3 Å². The van der Waals surface area contributed by atoms with Gasteiger partial charge < -0.3 is 4.74 Å². The highest BCUT2D eigenvalue weighted by Gasteiger charge is 2.21. The Balaban J connectivity index is 1.64. The zero-order valence-electron chi connectivity index (χ0n) is 16.6. The Kier molecular flexibility index (Phi) is 6.13. The van der Waals surface area contributed by atoms with Gasteiger partial charge in [-0.3, -0.25) is 0 Å². The lowest BCUT2D eigenvalue weighted by molar-refractivity contribution is 0.439. The molecule has 3 aromatic rings. The summed E-state index contributed by atoms with van der Waals surface area (Å²) in [5.41, 5.74) is 2.57. The fraction of sp³-hybridized carbons (Fsp3) is 0.280. The number of para-hydroxylation sites is 1. The van der Waals surface area contributed by atoms with Gasteiger partial charge in [0.25, 0.3) is 0 Å². The molecule has 0 aromatic heterocycles. The topological polar surface area (TPSA) is 9.23 Å². The van der Waals surface area contributed by atoms with Crippen molar-refractivity contribution in [1.29, 1.82) is 0 Å². The molecule has 0 heterocycles. The molecule has 0 radical (unpaired) electrons. The van der Waals surface area contributed by atoms with Crippen molar-refractivity contribution in [3.8, 4) is 11.5 Å². The van der Waals surface area contributed by atoms with Gasteiger partial charge in [-0.15, -0.1) is 0 Å². The summed E-state index contributed by atoms with van der Waals surface area (Å²) in [6.07, 6.45) is 2.63. The molecule has 0 bridgehead atoms. The Morgan fingerprint density at radius 3 is 2.32 bits per heavy atom. The lowest BCUT2D eigenvalue weighted by Gasteiger charge is -2.25. The highest BCUT2D eigenvalue weighted by atomic mass is 19.1. The summed E-state index contributed by atoms with van der Waals surface area (Å²) in [6, 6.07) is 19.7. The van der Waals surface area contributed by atoms with Crippen molar-refractivity contribution in [3.05, 3.63) is 95.1 Å². The van der Waals surface area contributed by atoms with Crippen LogP contribution in [0.5, 0.6) is 11.5 Å². The first-order chi connectivity index (χ1) is 13.3. The highest BCUT2D eigenvalue weighted by Crippen LogP contribution is 2.31. The number of hydrogen-bond donors (Lipinski definition) is 0. The maximum Gasteiger partial charge on any atom is 0.165 e. The third kappa shape index (κ3) is 4.98. The maximum atomic E-state index is 14.1. The molecule has 3 heteroatoms. The summed E-state index contributed by atoms with van der Waals surface area (Å²) in [7, 11) is 0. The zero-order valence-corrected chi connectivity index (χ0v) is 16.6. The van der Waals surface area contributed by atoms with Gasteiger partial charge in [0.2, 0.25) is 0 Å². The first-order valence-corrected chi connectivity index (χ1v) is 9.63. The molecule has 28 heavy (non-hydrogen) atoms. The monoisotopic (exact) mass is 380 g/mol. The van der Waals surface area contributed by atoms with Gasteiger partial charge >= 0.3 is 0 Å². The van der Waals surface area contributed by atoms with Crippen molar-refractivity contribution in [2.45, 2.75) is 45.4 Å². The molecule has 0 N–H and O–H groups in total. The van der Waals surface area contributed by atoms with Crippen molar-refractivity contribution >= 4 is 0 Å². The van der Waals surface area contributed by atoms with E-state index < -0.39 is 0 Å². The minimum absolute atomic E-state index is 0.127. The van der Waals surface area contributed by atoms with Crippen LogP contribution in [-0.2, 0) is 11.8 Å². The molecule has 0 amide bonds. The fourth-order valence-electron chi connectivity index (χ4n) is 3.29. The number of hydrogen-bond acceptors (Lipinski definition) is 1. The third-order valence-corrected chi connectivity index (χ3v) is 5.19. The SMILES string of the molecule is Cc1ccc(C(C)(C)CCCc2ccc(F)c(Oc3ccccc3)c2)cc1F. The quantitative estimate of drug-likeness (QED) is 0.416. The number of aryl methyl sites for hydroxylation is 2. The van der Waals surface area contributed by atoms with Gasteiger partial charge in [0, 0.05) is 0 Å². The van der Waals surface area contributed by atoms with Crippen molar-refractivity contribution < 1.29 is 13.5 Å². The van der Waals surface area contributed by atoms with Crippen LogP contribution in [0.1, 0.15) is 43.4 Å². The summed E-state index contributed by atoms with van der Waals surface area (Å²) in [5.74, 6) is 0.319. The second-order valence-corrected chi connectivity index (χ2v) is 7.88. The van der Waals surface area contributed by atoms with Crippen LogP contribution in [-0.4, -0.2) is 0 Å². The van der Waals surface area contributed by atoms with E-state index in [1.165, 1.54) is 6.07 Å². The first-order valence-electron chi connectivity index (χ1n) is 9.63. The molecule has 0 aliphatic rings. The van der Waals surface area contributed by atoms with E-state index in [4.69, 9.17) is 4.74 Å².